The van der Waals surface area contributed by atoms with Crippen LogP contribution in [0, 0.1) is 5.92 Å². The van der Waals surface area contributed by atoms with Gasteiger partial charge in [-0.2, -0.15) is 0 Å². The minimum Gasteiger partial charge on any atom is -0.496 e. The van der Waals surface area contributed by atoms with Crippen LogP contribution in [-0.4, -0.2) is 18.0 Å². The van der Waals surface area contributed by atoms with Crippen molar-refractivity contribution in [2.45, 2.75) is 18.9 Å². The van der Waals surface area contributed by atoms with E-state index in [2.05, 4.69) is 4.98 Å². The third kappa shape index (κ3) is 3.20. The maximum absolute atomic E-state index is 13.2. The van der Waals surface area contributed by atoms with Gasteiger partial charge in [0.2, 0.25) is 5.91 Å². The molecule has 2 aromatic heterocycles. The first kappa shape index (κ1) is 16.4. The lowest BCUT2D eigenvalue weighted by molar-refractivity contribution is -0.120. The molecule has 4 rings (SSSR count). The first-order chi connectivity index (χ1) is 12.8. The summed E-state index contributed by atoms with van der Waals surface area (Å²) in [7, 11) is 1.66. The number of ether oxygens (including phenoxy) is 1. The summed E-state index contributed by atoms with van der Waals surface area (Å²) in [4.78, 5) is 19.3. The van der Waals surface area contributed by atoms with E-state index in [0.717, 1.165) is 23.5 Å². The van der Waals surface area contributed by atoms with Gasteiger partial charge in [0.05, 0.1) is 19.9 Å². The molecule has 0 aliphatic heterocycles. The molecule has 0 N–H and O–H groups in total. The second kappa shape index (κ2) is 7.04. The average molecular weight is 348 g/mol. The van der Waals surface area contributed by atoms with Crippen molar-refractivity contribution in [1.82, 2.24) is 4.98 Å². The normalized spacial score (nSPS) is 18.3. The molecule has 0 saturated heterocycles. The summed E-state index contributed by atoms with van der Waals surface area (Å²) in [5, 5.41) is 0. The van der Waals surface area contributed by atoms with E-state index in [9.17, 15) is 4.79 Å². The molecular weight excluding hydrogens is 328 g/mol. The van der Waals surface area contributed by atoms with Crippen molar-refractivity contribution in [1.29, 1.82) is 0 Å². The maximum atomic E-state index is 13.2. The van der Waals surface area contributed by atoms with E-state index in [1.807, 2.05) is 54.6 Å². The van der Waals surface area contributed by atoms with Crippen LogP contribution in [0.3, 0.4) is 0 Å². The van der Waals surface area contributed by atoms with Crippen LogP contribution < -0.4 is 9.64 Å². The van der Waals surface area contributed by atoms with Gasteiger partial charge in [-0.1, -0.05) is 24.3 Å². The Balaban J connectivity index is 1.58. The topological polar surface area (TPSA) is 55.6 Å². The van der Waals surface area contributed by atoms with Gasteiger partial charge in [0.15, 0.2) is 0 Å². The molecule has 0 radical (unpaired) electrons. The summed E-state index contributed by atoms with van der Waals surface area (Å²) < 4.78 is 10.9. The minimum absolute atomic E-state index is 0.0657. The molecule has 5 nitrogen and oxygen atoms in total. The van der Waals surface area contributed by atoms with Gasteiger partial charge >= 0.3 is 0 Å². The number of benzene rings is 1. The molecular formula is C21H20N2O3. The minimum atomic E-state index is -0.0664. The van der Waals surface area contributed by atoms with Crippen molar-refractivity contribution in [3.8, 4) is 5.75 Å². The van der Waals surface area contributed by atoms with Crippen LogP contribution in [0.5, 0.6) is 5.75 Å². The van der Waals surface area contributed by atoms with Crippen molar-refractivity contribution >= 4 is 11.7 Å². The number of rotatable bonds is 6. The highest BCUT2D eigenvalue weighted by atomic mass is 16.5. The SMILES string of the molecule is COc1ccccc1[C@@H]1C[C@H]1C(=O)N(Cc1ccco1)c1ccccn1. The number of carbonyl (C=O) groups is 1. The van der Waals surface area contributed by atoms with Gasteiger partial charge in [0.1, 0.15) is 17.3 Å². The largest absolute Gasteiger partial charge is 0.496 e. The zero-order chi connectivity index (χ0) is 17.9. The Morgan fingerprint density at radius 3 is 2.77 bits per heavy atom. The zero-order valence-corrected chi connectivity index (χ0v) is 14.5. The average Bonchev–Trinajstić information content (AvgIpc) is 3.33. The Morgan fingerprint density at radius 1 is 1.19 bits per heavy atom. The van der Waals surface area contributed by atoms with Crippen LogP contribution in [0.15, 0.2) is 71.5 Å². The fourth-order valence-electron chi connectivity index (χ4n) is 3.33. The number of pyridine rings is 1. The van der Waals surface area contributed by atoms with E-state index < -0.39 is 0 Å². The first-order valence-electron chi connectivity index (χ1n) is 8.65. The van der Waals surface area contributed by atoms with Crippen LogP contribution >= 0.6 is 0 Å². The molecule has 1 amide bonds. The lowest BCUT2D eigenvalue weighted by Gasteiger charge is -2.21. The third-order valence-corrected chi connectivity index (χ3v) is 4.73. The number of para-hydroxylation sites is 1. The molecule has 132 valence electrons. The molecule has 0 bridgehead atoms. The van der Waals surface area contributed by atoms with E-state index >= 15 is 0 Å². The highest BCUT2D eigenvalue weighted by Crippen LogP contribution is 2.51. The van der Waals surface area contributed by atoms with Gasteiger partial charge in [-0.3, -0.25) is 9.69 Å². The predicted octanol–water partition coefficient (Wildman–Crippen LogP) is 4.02. The fraction of sp³-hybridized carbons (Fsp3) is 0.238. The third-order valence-electron chi connectivity index (χ3n) is 4.73. The number of carbonyl (C=O) groups excluding carboxylic acids is 1. The molecule has 1 aromatic carbocycles. The Hall–Kier alpha value is -3.08. The Morgan fingerprint density at radius 2 is 2.04 bits per heavy atom. The molecule has 1 aliphatic carbocycles. The summed E-state index contributed by atoms with van der Waals surface area (Å²) in [6, 6.07) is 17.2. The van der Waals surface area contributed by atoms with Crippen molar-refractivity contribution in [3.63, 3.8) is 0 Å². The summed E-state index contributed by atoms with van der Waals surface area (Å²) in [6.45, 7) is 0.373. The van der Waals surface area contributed by atoms with Crippen molar-refractivity contribution in [2.75, 3.05) is 12.0 Å². The Kier molecular flexibility index (Phi) is 4.44. The molecule has 26 heavy (non-hydrogen) atoms. The van der Waals surface area contributed by atoms with Crippen molar-refractivity contribution < 1.29 is 13.9 Å². The molecule has 1 fully saturated rings. The van der Waals surface area contributed by atoms with E-state index in [0.29, 0.717) is 12.4 Å². The quantitative estimate of drug-likeness (QED) is 0.675. The lowest BCUT2D eigenvalue weighted by Crippen LogP contribution is -2.32. The smallest absolute Gasteiger partial charge is 0.232 e. The first-order valence-corrected chi connectivity index (χ1v) is 8.65. The number of anilines is 1. The number of hydrogen-bond acceptors (Lipinski definition) is 4. The summed E-state index contributed by atoms with van der Waals surface area (Å²) in [6.07, 6.45) is 4.13. The molecule has 1 aliphatic rings. The molecule has 1 saturated carbocycles. The predicted molar refractivity (Wildman–Crippen MR) is 98.0 cm³/mol. The molecule has 0 spiro atoms. The Labute approximate surface area is 152 Å². The highest BCUT2D eigenvalue weighted by Gasteiger charge is 2.47. The van der Waals surface area contributed by atoms with Gasteiger partial charge in [0, 0.05) is 12.1 Å². The number of nitrogens with zero attached hydrogens (tertiary/aromatic N) is 2. The van der Waals surface area contributed by atoms with Crippen LogP contribution in [0.1, 0.15) is 23.7 Å². The summed E-state index contributed by atoms with van der Waals surface area (Å²) in [5.41, 5.74) is 1.09. The highest BCUT2D eigenvalue weighted by molar-refractivity contribution is 5.96. The molecule has 0 unspecified atom stereocenters. The monoisotopic (exact) mass is 348 g/mol. The zero-order valence-electron chi connectivity index (χ0n) is 14.5. The standard InChI is InChI=1S/C21H20N2O3/c1-25-19-9-3-2-8-16(19)17-13-18(17)21(24)23(14-15-7-6-12-26-15)20-10-4-5-11-22-20/h2-12,17-18H,13-14H2,1H3/t17-,18+/m0/s1. The van der Waals surface area contributed by atoms with Crippen LogP contribution in [-0.2, 0) is 11.3 Å². The number of aromatic nitrogens is 1. The molecule has 5 heteroatoms. The van der Waals surface area contributed by atoms with Crippen molar-refractivity contribution in [3.05, 3.63) is 78.4 Å². The maximum Gasteiger partial charge on any atom is 0.232 e. The number of furan rings is 1. The molecule has 2 heterocycles. The van der Waals surface area contributed by atoms with Gasteiger partial charge in [0.25, 0.3) is 0 Å². The second-order valence-corrected chi connectivity index (χ2v) is 6.38. The van der Waals surface area contributed by atoms with E-state index in [4.69, 9.17) is 9.15 Å². The summed E-state index contributed by atoms with van der Waals surface area (Å²) in [5.74, 6) is 2.39. The van der Waals surface area contributed by atoms with E-state index in [1.54, 1.807) is 24.5 Å². The van der Waals surface area contributed by atoms with Gasteiger partial charge in [-0.05, 0) is 48.2 Å². The van der Waals surface area contributed by atoms with Gasteiger partial charge in [-0.15, -0.1) is 0 Å². The number of hydrogen-bond donors (Lipinski definition) is 0. The van der Waals surface area contributed by atoms with Crippen molar-refractivity contribution in [2.24, 2.45) is 5.92 Å². The second-order valence-electron chi connectivity index (χ2n) is 6.38. The van der Waals surface area contributed by atoms with Crippen LogP contribution in [0.25, 0.3) is 0 Å². The number of methoxy groups -OCH3 is 1. The van der Waals surface area contributed by atoms with E-state index in [-0.39, 0.29) is 17.7 Å². The fourth-order valence-corrected chi connectivity index (χ4v) is 3.33. The molecule has 2 atom stereocenters. The Bertz CT molecular complexity index is 877. The number of amides is 1. The van der Waals surface area contributed by atoms with Gasteiger partial charge in [-0.25, -0.2) is 4.98 Å². The van der Waals surface area contributed by atoms with Gasteiger partial charge < -0.3 is 9.15 Å². The molecule has 3 aromatic rings. The van der Waals surface area contributed by atoms with Crippen LogP contribution in [0.4, 0.5) is 5.82 Å². The van der Waals surface area contributed by atoms with E-state index in [1.165, 1.54) is 0 Å². The lowest BCUT2D eigenvalue weighted by atomic mass is 10.1. The summed E-state index contributed by atoms with van der Waals surface area (Å²) >= 11 is 0. The van der Waals surface area contributed by atoms with Crippen LogP contribution in [0.2, 0.25) is 0 Å².